The van der Waals surface area contributed by atoms with Gasteiger partial charge in [0.15, 0.2) is 5.60 Å². The molecule has 5 nitrogen and oxygen atoms in total. The summed E-state index contributed by atoms with van der Waals surface area (Å²) in [5, 5.41) is 18.9. The minimum absolute atomic E-state index is 0.0675. The van der Waals surface area contributed by atoms with Crippen molar-refractivity contribution in [3.63, 3.8) is 0 Å². The summed E-state index contributed by atoms with van der Waals surface area (Å²) in [4.78, 5) is 25.3. The molecule has 0 unspecified atom stereocenters. The van der Waals surface area contributed by atoms with Crippen molar-refractivity contribution in [3.8, 4) is 0 Å². The summed E-state index contributed by atoms with van der Waals surface area (Å²) in [6, 6.07) is 3.94. The van der Waals surface area contributed by atoms with Crippen LogP contribution in [0.15, 0.2) is 12.1 Å². The predicted octanol–water partition coefficient (Wildman–Crippen LogP) is 1.66. The molecule has 0 saturated carbocycles. The van der Waals surface area contributed by atoms with Gasteiger partial charge in [0.2, 0.25) is 0 Å². The molecular formula is C16H21NO4. The minimum atomic E-state index is -1.70. The van der Waals surface area contributed by atoms with Gasteiger partial charge in [-0.25, -0.2) is 4.79 Å². The highest BCUT2D eigenvalue weighted by Gasteiger charge is 2.40. The first-order valence-corrected chi connectivity index (χ1v) is 7.07. The lowest BCUT2D eigenvalue weighted by molar-refractivity contribution is -0.162. The summed E-state index contributed by atoms with van der Waals surface area (Å²) >= 11 is 0. The Hall–Kier alpha value is -1.88. The first-order valence-electron chi connectivity index (χ1n) is 7.07. The van der Waals surface area contributed by atoms with E-state index in [0.29, 0.717) is 5.56 Å². The van der Waals surface area contributed by atoms with Crippen molar-refractivity contribution in [2.75, 3.05) is 13.1 Å². The van der Waals surface area contributed by atoms with E-state index in [-0.39, 0.29) is 31.8 Å². The molecule has 114 valence electrons. The number of carboxylic acid groups (broad SMARTS) is 1. The number of carbonyl (C=O) groups excluding carboxylic acids is 1. The summed E-state index contributed by atoms with van der Waals surface area (Å²) in [7, 11) is 0. The van der Waals surface area contributed by atoms with Gasteiger partial charge in [0.1, 0.15) is 0 Å². The van der Waals surface area contributed by atoms with E-state index < -0.39 is 11.6 Å². The van der Waals surface area contributed by atoms with Crippen LogP contribution in [0, 0.1) is 20.8 Å². The number of carbonyl (C=O) groups is 2. The molecule has 1 aliphatic rings. The summed E-state index contributed by atoms with van der Waals surface area (Å²) < 4.78 is 0. The van der Waals surface area contributed by atoms with E-state index in [0.717, 1.165) is 16.7 Å². The number of piperidine rings is 1. The van der Waals surface area contributed by atoms with Crippen molar-refractivity contribution in [2.24, 2.45) is 0 Å². The van der Waals surface area contributed by atoms with Crippen LogP contribution in [0.1, 0.15) is 39.9 Å². The number of aryl methyl sites for hydroxylation is 3. The molecule has 1 aromatic carbocycles. The average molecular weight is 291 g/mol. The fourth-order valence-electron chi connectivity index (χ4n) is 2.97. The molecule has 1 aliphatic heterocycles. The number of amides is 1. The molecule has 0 atom stereocenters. The van der Waals surface area contributed by atoms with Crippen molar-refractivity contribution in [1.29, 1.82) is 0 Å². The van der Waals surface area contributed by atoms with Crippen molar-refractivity contribution in [1.82, 2.24) is 4.90 Å². The van der Waals surface area contributed by atoms with Crippen LogP contribution in [-0.2, 0) is 4.79 Å². The van der Waals surface area contributed by atoms with Crippen LogP contribution in [0.25, 0.3) is 0 Å². The number of likely N-dealkylation sites (tertiary alicyclic amines) is 1. The minimum Gasteiger partial charge on any atom is -0.479 e. The standard InChI is InChI=1S/C16H21NO4/c1-10-8-11(2)13(12(3)9-10)14(18)17-6-4-16(21,5-7-17)15(19)20/h8-9,21H,4-7H2,1-3H3,(H,19,20). The van der Waals surface area contributed by atoms with Crippen LogP contribution < -0.4 is 0 Å². The molecule has 0 bridgehead atoms. The Morgan fingerprint density at radius 1 is 1.10 bits per heavy atom. The first kappa shape index (κ1) is 15.5. The maximum Gasteiger partial charge on any atom is 0.335 e. The first-order chi connectivity index (χ1) is 9.74. The maximum absolute atomic E-state index is 12.6. The van der Waals surface area contributed by atoms with E-state index in [4.69, 9.17) is 5.11 Å². The lowest BCUT2D eigenvalue weighted by Crippen LogP contribution is -2.51. The van der Waals surface area contributed by atoms with Crippen molar-refractivity contribution in [2.45, 2.75) is 39.2 Å². The molecule has 1 heterocycles. The Kier molecular flexibility index (Phi) is 4.05. The summed E-state index contributed by atoms with van der Waals surface area (Å²) in [6.45, 7) is 6.32. The summed E-state index contributed by atoms with van der Waals surface area (Å²) in [6.07, 6.45) is 0.135. The molecule has 2 N–H and O–H groups in total. The van der Waals surface area contributed by atoms with Crippen LogP contribution in [0.3, 0.4) is 0 Å². The molecule has 21 heavy (non-hydrogen) atoms. The molecule has 1 amide bonds. The smallest absolute Gasteiger partial charge is 0.335 e. The number of rotatable bonds is 2. The molecule has 0 spiro atoms. The topological polar surface area (TPSA) is 77.8 Å². The van der Waals surface area contributed by atoms with Gasteiger partial charge < -0.3 is 15.1 Å². The van der Waals surface area contributed by atoms with Crippen LogP contribution >= 0.6 is 0 Å². The lowest BCUT2D eigenvalue weighted by Gasteiger charge is -2.35. The number of hydrogen-bond donors (Lipinski definition) is 2. The Bertz CT molecular complexity index is 563. The van der Waals surface area contributed by atoms with Gasteiger partial charge in [0.05, 0.1) is 0 Å². The predicted molar refractivity (Wildman–Crippen MR) is 78.4 cm³/mol. The third-order valence-electron chi connectivity index (χ3n) is 4.17. The molecule has 2 rings (SSSR count). The second-order valence-corrected chi connectivity index (χ2v) is 5.90. The number of hydrogen-bond acceptors (Lipinski definition) is 3. The van der Waals surface area contributed by atoms with E-state index in [1.165, 1.54) is 0 Å². The Morgan fingerprint density at radius 3 is 2.00 bits per heavy atom. The fraction of sp³-hybridized carbons (Fsp3) is 0.500. The van der Waals surface area contributed by atoms with Gasteiger partial charge in [-0.1, -0.05) is 17.7 Å². The van der Waals surface area contributed by atoms with E-state index in [1.807, 2.05) is 32.9 Å². The SMILES string of the molecule is Cc1cc(C)c(C(=O)N2CCC(O)(C(=O)O)CC2)c(C)c1. The highest BCUT2D eigenvalue weighted by molar-refractivity contribution is 5.97. The van der Waals surface area contributed by atoms with E-state index in [1.54, 1.807) is 4.90 Å². The molecule has 5 heteroatoms. The molecule has 0 aromatic heterocycles. The molecular weight excluding hydrogens is 270 g/mol. The summed E-state index contributed by atoms with van der Waals surface area (Å²) in [5.74, 6) is -1.30. The summed E-state index contributed by atoms with van der Waals surface area (Å²) in [5.41, 5.74) is 1.95. The lowest BCUT2D eigenvalue weighted by atomic mass is 9.90. The highest BCUT2D eigenvalue weighted by Crippen LogP contribution is 2.25. The fourth-order valence-corrected chi connectivity index (χ4v) is 2.97. The Morgan fingerprint density at radius 2 is 1.57 bits per heavy atom. The van der Waals surface area contributed by atoms with E-state index in [2.05, 4.69) is 0 Å². The van der Waals surface area contributed by atoms with Crippen LogP contribution in [0.4, 0.5) is 0 Å². The third kappa shape index (κ3) is 2.93. The van der Waals surface area contributed by atoms with Gasteiger partial charge in [-0.2, -0.15) is 0 Å². The molecule has 0 aliphatic carbocycles. The maximum atomic E-state index is 12.6. The van der Waals surface area contributed by atoms with Gasteiger partial charge >= 0.3 is 5.97 Å². The van der Waals surface area contributed by atoms with Gasteiger partial charge in [-0.15, -0.1) is 0 Å². The highest BCUT2D eigenvalue weighted by atomic mass is 16.4. The largest absolute Gasteiger partial charge is 0.479 e. The molecule has 0 radical (unpaired) electrons. The van der Waals surface area contributed by atoms with Crippen molar-refractivity contribution >= 4 is 11.9 Å². The number of carboxylic acids is 1. The van der Waals surface area contributed by atoms with Gasteiger partial charge in [0.25, 0.3) is 5.91 Å². The number of nitrogens with zero attached hydrogens (tertiary/aromatic N) is 1. The molecule has 1 aromatic rings. The van der Waals surface area contributed by atoms with E-state index >= 15 is 0 Å². The second kappa shape index (κ2) is 5.48. The third-order valence-corrected chi connectivity index (χ3v) is 4.17. The van der Waals surface area contributed by atoms with Crippen LogP contribution in [0.5, 0.6) is 0 Å². The van der Waals surface area contributed by atoms with Crippen molar-refractivity contribution in [3.05, 3.63) is 34.4 Å². The zero-order valence-electron chi connectivity index (χ0n) is 12.6. The number of aliphatic hydroxyl groups is 1. The van der Waals surface area contributed by atoms with E-state index in [9.17, 15) is 14.7 Å². The monoisotopic (exact) mass is 291 g/mol. The van der Waals surface area contributed by atoms with Crippen LogP contribution in [0.2, 0.25) is 0 Å². The van der Waals surface area contributed by atoms with Gasteiger partial charge in [-0.3, -0.25) is 4.79 Å². The molecule has 1 fully saturated rings. The van der Waals surface area contributed by atoms with Crippen LogP contribution in [-0.4, -0.2) is 45.7 Å². The average Bonchev–Trinajstić information content (AvgIpc) is 2.38. The zero-order chi connectivity index (χ0) is 15.8. The zero-order valence-corrected chi connectivity index (χ0v) is 12.6. The van der Waals surface area contributed by atoms with Crippen molar-refractivity contribution < 1.29 is 19.8 Å². The normalized spacial score (nSPS) is 17.6. The van der Waals surface area contributed by atoms with Gasteiger partial charge in [-0.05, 0) is 31.9 Å². The quantitative estimate of drug-likeness (QED) is 0.868. The molecule has 1 saturated heterocycles. The Labute approximate surface area is 124 Å². The number of benzene rings is 1. The second-order valence-electron chi connectivity index (χ2n) is 5.90. The Balaban J connectivity index is 2.18. The number of aliphatic carboxylic acids is 1. The van der Waals surface area contributed by atoms with Gasteiger partial charge in [0, 0.05) is 31.5 Å².